The highest BCUT2D eigenvalue weighted by Gasteiger charge is 2.51. The van der Waals surface area contributed by atoms with Crippen molar-refractivity contribution < 1.29 is 15.1 Å². The Kier molecular flexibility index (Phi) is 2.39. The standard InChI is InChI=1S/C8H15NO3/c1-6(2)9(12)5-8(3-4-8)7(10)11/h6,12H,3-5H2,1-2H3,(H,10,11). The van der Waals surface area contributed by atoms with Gasteiger partial charge in [0.15, 0.2) is 0 Å². The lowest BCUT2D eigenvalue weighted by Crippen LogP contribution is -2.36. The zero-order valence-corrected chi connectivity index (χ0v) is 7.45. The molecule has 0 bridgehead atoms. The fourth-order valence-electron chi connectivity index (χ4n) is 1.08. The van der Waals surface area contributed by atoms with Gasteiger partial charge in [0.1, 0.15) is 0 Å². The Balaban J connectivity index is 2.45. The van der Waals surface area contributed by atoms with Crippen LogP contribution in [0.3, 0.4) is 0 Å². The summed E-state index contributed by atoms with van der Waals surface area (Å²) in [5.74, 6) is -0.790. The van der Waals surface area contributed by atoms with Gasteiger partial charge >= 0.3 is 5.97 Å². The predicted octanol–water partition coefficient (Wildman–Crippen LogP) is 0.951. The summed E-state index contributed by atoms with van der Waals surface area (Å²) in [5.41, 5.74) is -0.654. The fraction of sp³-hybridized carbons (Fsp3) is 0.875. The zero-order valence-electron chi connectivity index (χ0n) is 7.45. The van der Waals surface area contributed by atoms with Gasteiger partial charge in [-0.1, -0.05) is 0 Å². The molecule has 0 aromatic heterocycles. The largest absolute Gasteiger partial charge is 0.481 e. The number of aliphatic carboxylic acids is 1. The Labute approximate surface area is 71.8 Å². The van der Waals surface area contributed by atoms with E-state index in [1.807, 2.05) is 13.8 Å². The molecule has 0 radical (unpaired) electrons. The van der Waals surface area contributed by atoms with Crippen LogP contribution < -0.4 is 0 Å². The second-order valence-corrected chi connectivity index (χ2v) is 3.78. The molecule has 2 N–H and O–H groups in total. The Morgan fingerprint density at radius 1 is 1.58 bits per heavy atom. The summed E-state index contributed by atoms with van der Waals surface area (Å²) in [4.78, 5) is 10.7. The van der Waals surface area contributed by atoms with E-state index in [-0.39, 0.29) is 12.6 Å². The highest BCUT2D eigenvalue weighted by atomic mass is 16.5. The molecule has 4 nitrogen and oxygen atoms in total. The lowest BCUT2D eigenvalue weighted by atomic mass is 10.1. The van der Waals surface area contributed by atoms with Crippen LogP contribution in [-0.2, 0) is 4.79 Å². The van der Waals surface area contributed by atoms with Gasteiger partial charge in [0, 0.05) is 12.6 Å². The zero-order chi connectivity index (χ0) is 9.35. The van der Waals surface area contributed by atoms with Gasteiger partial charge in [0.2, 0.25) is 0 Å². The van der Waals surface area contributed by atoms with Gasteiger partial charge < -0.3 is 10.3 Å². The second-order valence-electron chi connectivity index (χ2n) is 3.78. The van der Waals surface area contributed by atoms with Crippen LogP contribution in [0.15, 0.2) is 0 Å². The lowest BCUT2D eigenvalue weighted by Gasteiger charge is -2.22. The van der Waals surface area contributed by atoms with E-state index in [9.17, 15) is 10.0 Å². The van der Waals surface area contributed by atoms with Gasteiger partial charge in [0.25, 0.3) is 0 Å². The number of hydrogen-bond acceptors (Lipinski definition) is 3. The molecular formula is C8H15NO3. The summed E-state index contributed by atoms with van der Waals surface area (Å²) >= 11 is 0. The van der Waals surface area contributed by atoms with Crippen LogP contribution in [0.25, 0.3) is 0 Å². The molecule has 1 rings (SSSR count). The van der Waals surface area contributed by atoms with Gasteiger partial charge in [-0.15, -0.1) is 0 Å². The first kappa shape index (κ1) is 9.48. The molecule has 0 aliphatic heterocycles. The van der Waals surface area contributed by atoms with Crippen molar-refractivity contribution >= 4 is 5.97 Å². The van der Waals surface area contributed by atoms with Crippen LogP contribution in [0.1, 0.15) is 26.7 Å². The molecule has 1 fully saturated rings. The summed E-state index contributed by atoms with van der Waals surface area (Å²) in [6, 6.07) is -0.0122. The van der Waals surface area contributed by atoms with Crippen LogP contribution in [0, 0.1) is 5.41 Å². The third-order valence-corrected chi connectivity index (χ3v) is 2.37. The average molecular weight is 173 g/mol. The summed E-state index contributed by atoms with van der Waals surface area (Å²) in [6.07, 6.45) is 1.37. The molecule has 0 unspecified atom stereocenters. The van der Waals surface area contributed by atoms with Gasteiger partial charge in [-0.25, -0.2) is 0 Å². The summed E-state index contributed by atoms with van der Waals surface area (Å²) in [7, 11) is 0. The molecule has 0 atom stereocenters. The summed E-state index contributed by atoms with van der Waals surface area (Å²) < 4.78 is 0. The second kappa shape index (κ2) is 3.03. The number of rotatable bonds is 4. The third-order valence-electron chi connectivity index (χ3n) is 2.37. The van der Waals surface area contributed by atoms with Crippen molar-refractivity contribution in [1.29, 1.82) is 0 Å². The van der Waals surface area contributed by atoms with Crippen molar-refractivity contribution in [2.75, 3.05) is 6.54 Å². The molecular weight excluding hydrogens is 158 g/mol. The van der Waals surface area contributed by atoms with Crippen LogP contribution in [0.5, 0.6) is 0 Å². The molecule has 1 aliphatic carbocycles. The van der Waals surface area contributed by atoms with E-state index in [0.717, 1.165) is 5.06 Å². The summed E-state index contributed by atoms with van der Waals surface area (Å²) in [6.45, 7) is 3.91. The molecule has 0 heterocycles. The number of hydroxylamine groups is 2. The van der Waals surface area contributed by atoms with E-state index in [4.69, 9.17) is 5.11 Å². The molecule has 0 spiro atoms. The molecule has 0 aromatic carbocycles. The van der Waals surface area contributed by atoms with Crippen molar-refractivity contribution in [2.45, 2.75) is 32.7 Å². The number of carbonyl (C=O) groups is 1. The van der Waals surface area contributed by atoms with E-state index in [1.54, 1.807) is 0 Å². The fourth-order valence-corrected chi connectivity index (χ4v) is 1.08. The van der Waals surface area contributed by atoms with E-state index in [1.165, 1.54) is 0 Å². The first-order valence-corrected chi connectivity index (χ1v) is 4.17. The third kappa shape index (κ3) is 1.76. The Morgan fingerprint density at radius 3 is 2.33 bits per heavy atom. The SMILES string of the molecule is CC(C)N(O)CC1(C(=O)O)CC1. The quantitative estimate of drug-likeness (QED) is 0.621. The summed E-state index contributed by atoms with van der Waals surface area (Å²) in [5, 5.41) is 19.2. The molecule has 1 aliphatic rings. The number of carboxylic acids is 1. The maximum atomic E-state index is 10.7. The molecule has 1 saturated carbocycles. The first-order valence-electron chi connectivity index (χ1n) is 4.17. The van der Waals surface area contributed by atoms with E-state index in [0.29, 0.717) is 12.8 Å². The number of nitrogens with zero attached hydrogens (tertiary/aromatic N) is 1. The molecule has 12 heavy (non-hydrogen) atoms. The minimum Gasteiger partial charge on any atom is -0.481 e. The average Bonchev–Trinajstić information content (AvgIpc) is 2.68. The van der Waals surface area contributed by atoms with E-state index in [2.05, 4.69) is 0 Å². The number of carboxylic acid groups (broad SMARTS) is 1. The number of hydrogen-bond donors (Lipinski definition) is 2. The van der Waals surface area contributed by atoms with Gasteiger partial charge in [-0.2, -0.15) is 5.06 Å². The normalized spacial score (nSPS) is 20.1. The lowest BCUT2D eigenvalue weighted by molar-refractivity contribution is -0.158. The minimum atomic E-state index is -0.790. The van der Waals surface area contributed by atoms with E-state index < -0.39 is 11.4 Å². The topological polar surface area (TPSA) is 60.8 Å². The molecule has 70 valence electrons. The Morgan fingerprint density at radius 2 is 2.08 bits per heavy atom. The first-order chi connectivity index (χ1) is 5.48. The Bertz CT molecular complexity index is 187. The van der Waals surface area contributed by atoms with E-state index >= 15 is 0 Å². The van der Waals surface area contributed by atoms with Crippen molar-refractivity contribution in [3.63, 3.8) is 0 Å². The van der Waals surface area contributed by atoms with Crippen molar-refractivity contribution in [3.8, 4) is 0 Å². The molecule has 4 heteroatoms. The smallest absolute Gasteiger partial charge is 0.311 e. The van der Waals surface area contributed by atoms with Crippen LogP contribution >= 0.6 is 0 Å². The van der Waals surface area contributed by atoms with Crippen molar-refractivity contribution in [3.05, 3.63) is 0 Å². The predicted molar refractivity (Wildman–Crippen MR) is 42.9 cm³/mol. The van der Waals surface area contributed by atoms with Crippen LogP contribution in [0.2, 0.25) is 0 Å². The van der Waals surface area contributed by atoms with Gasteiger partial charge in [-0.3, -0.25) is 4.79 Å². The van der Waals surface area contributed by atoms with Crippen LogP contribution in [0.4, 0.5) is 0 Å². The molecule has 0 saturated heterocycles. The highest BCUT2D eigenvalue weighted by molar-refractivity contribution is 5.78. The maximum absolute atomic E-state index is 10.7. The molecule has 0 aromatic rings. The minimum absolute atomic E-state index is 0.0122. The molecule has 0 amide bonds. The maximum Gasteiger partial charge on any atom is 0.311 e. The van der Waals surface area contributed by atoms with Gasteiger partial charge in [0.05, 0.1) is 5.41 Å². The Hall–Kier alpha value is -0.610. The van der Waals surface area contributed by atoms with Crippen LogP contribution in [-0.4, -0.2) is 33.9 Å². The van der Waals surface area contributed by atoms with Crippen molar-refractivity contribution in [1.82, 2.24) is 5.06 Å². The highest BCUT2D eigenvalue weighted by Crippen LogP contribution is 2.46. The van der Waals surface area contributed by atoms with Gasteiger partial charge in [-0.05, 0) is 26.7 Å². The van der Waals surface area contributed by atoms with Crippen molar-refractivity contribution in [2.24, 2.45) is 5.41 Å². The monoisotopic (exact) mass is 173 g/mol.